The fourth-order valence-corrected chi connectivity index (χ4v) is 1.92. The summed E-state index contributed by atoms with van der Waals surface area (Å²) in [4.78, 5) is 4.34. The Labute approximate surface area is 107 Å². The zero-order valence-electron chi connectivity index (χ0n) is 11.0. The van der Waals surface area contributed by atoms with Crippen LogP contribution in [0.5, 0.6) is 0 Å². The molecule has 0 aliphatic heterocycles. The molecule has 1 aromatic carbocycles. The molecule has 0 amide bonds. The van der Waals surface area contributed by atoms with Crippen molar-refractivity contribution >= 4 is 22.3 Å². The first-order valence-corrected chi connectivity index (χ1v) is 5.97. The first-order chi connectivity index (χ1) is 8.43. The molecule has 0 fully saturated rings. The van der Waals surface area contributed by atoms with Crippen molar-refractivity contribution in [1.82, 2.24) is 4.98 Å². The van der Waals surface area contributed by atoms with Crippen molar-refractivity contribution in [3.8, 4) is 0 Å². The second-order valence-corrected chi connectivity index (χ2v) is 5.28. The van der Waals surface area contributed by atoms with E-state index < -0.39 is 5.54 Å². The first kappa shape index (κ1) is 12.6. The molecule has 18 heavy (non-hydrogen) atoms. The number of benzene rings is 1. The van der Waals surface area contributed by atoms with E-state index in [1.54, 1.807) is 6.20 Å². The van der Waals surface area contributed by atoms with Crippen molar-refractivity contribution in [3.05, 3.63) is 30.0 Å². The molecule has 0 radical (unpaired) electrons. The molecule has 4 nitrogen and oxygen atoms in total. The molecule has 0 aliphatic carbocycles. The summed E-state index contributed by atoms with van der Waals surface area (Å²) in [6.07, 6.45) is 1.73. The Bertz CT molecular complexity index is 579. The van der Waals surface area contributed by atoms with E-state index in [2.05, 4.69) is 16.4 Å². The average Bonchev–Trinajstić information content (AvgIpc) is 2.30. The van der Waals surface area contributed by atoms with Crippen LogP contribution in [0.2, 0.25) is 0 Å². The molecule has 2 aromatic rings. The molecular weight excluding hydrogens is 226 g/mol. The van der Waals surface area contributed by atoms with Gasteiger partial charge in [0.25, 0.3) is 0 Å². The summed E-state index contributed by atoms with van der Waals surface area (Å²) in [5, 5.41) is 14.5. The summed E-state index contributed by atoms with van der Waals surface area (Å²) in [6.45, 7) is 5.88. The SMILES string of the molecule is Cc1cc(N)c2ccnc(NC(C)(C)CO)c2c1. The van der Waals surface area contributed by atoms with E-state index in [1.807, 2.05) is 32.9 Å². The lowest BCUT2D eigenvalue weighted by atomic mass is 10.0. The van der Waals surface area contributed by atoms with Gasteiger partial charge >= 0.3 is 0 Å². The Kier molecular flexibility index (Phi) is 3.13. The number of nitrogen functional groups attached to an aromatic ring is 1. The zero-order chi connectivity index (χ0) is 13.3. The molecule has 0 aliphatic rings. The summed E-state index contributed by atoms with van der Waals surface area (Å²) in [7, 11) is 0. The van der Waals surface area contributed by atoms with Gasteiger partial charge in [-0.3, -0.25) is 0 Å². The van der Waals surface area contributed by atoms with Gasteiger partial charge in [0.15, 0.2) is 0 Å². The Morgan fingerprint density at radius 3 is 2.72 bits per heavy atom. The van der Waals surface area contributed by atoms with Crippen LogP contribution < -0.4 is 11.1 Å². The van der Waals surface area contributed by atoms with Gasteiger partial charge in [-0.25, -0.2) is 4.98 Å². The number of anilines is 2. The number of rotatable bonds is 3. The highest BCUT2D eigenvalue weighted by Crippen LogP contribution is 2.28. The van der Waals surface area contributed by atoms with Crippen LogP contribution in [0.25, 0.3) is 10.8 Å². The summed E-state index contributed by atoms with van der Waals surface area (Å²) >= 11 is 0. The van der Waals surface area contributed by atoms with E-state index in [-0.39, 0.29) is 6.61 Å². The van der Waals surface area contributed by atoms with Gasteiger partial charge in [0.05, 0.1) is 12.1 Å². The highest BCUT2D eigenvalue weighted by molar-refractivity contribution is 5.99. The van der Waals surface area contributed by atoms with Crippen LogP contribution in [0.15, 0.2) is 24.4 Å². The van der Waals surface area contributed by atoms with E-state index in [4.69, 9.17) is 5.73 Å². The van der Waals surface area contributed by atoms with E-state index in [1.165, 1.54) is 0 Å². The molecular formula is C14H19N3O. The predicted molar refractivity (Wildman–Crippen MR) is 75.7 cm³/mol. The van der Waals surface area contributed by atoms with Crippen LogP contribution in [0.3, 0.4) is 0 Å². The third-order valence-electron chi connectivity index (χ3n) is 2.91. The maximum Gasteiger partial charge on any atom is 0.134 e. The van der Waals surface area contributed by atoms with Crippen LogP contribution in [0.1, 0.15) is 19.4 Å². The fourth-order valence-electron chi connectivity index (χ4n) is 1.92. The third-order valence-corrected chi connectivity index (χ3v) is 2.91. The molecule has 0 bridgehead atoms. The van der Waals surface area contributed by atoms with E-state index in [0.717, 1.165) is 27.8 Å². The molecule has 0 atom stereocenters. The second-order valence-electron chi connectivity index (χ2n) is 5.28. The largest absolute Gasteiger partial charge is 0.398 e. The zero-order valence-corrected chi connectivity index (χ0v) is 11.0. The monoisotopic (exact) mass is 245 g/mol. The summed E-state index contributed by atoms with van der Waals surface area (Å²) in [5.41, 5.74) is 7.44. The number of aromatic nitrogens is 1. The number of fused-ring (bicyclic) bond motifs is 1. The average molecular weight is 245 g/mol. The Morgan fingerprint density at radius 1 is 1.33 bits per heavy atom. The third kappa shape index (κ3) is 2.38. The minimum absolute atomic E-state index is 0.0341. The molecule has 2 rings (SSSR count). The maximum atomic E-state index is 9.32. The van der Waals surface area contributed by atoms with Gasteiger partial charge in [-0.2, -0.15) is 0 Å². The number of nitrogens with zero attached hydrogens (tertiary/aromatic N) is 1. The Morgan fingerprint density at radius 2 is 2.06 bits per heavy atom. The number of aliphatic hydroxyl groups is 1. The van der Waals surface area contributed by atoms with Crippen LogP contribution in [0.4, 0.5) is 11.5 Å². The molecule has 4 N–H and O–H groups in total. The number of hydrogen-bond donors (Lipinski definition) is 3. The second kappa shape index (κ2) is 4.46. The van der Waals surface area contributed by atoms with Crippen LogP contribution in [0, 0.1) is 6.92 Å². The number of aliphatic hydroxyl groups excluding tert-OH is 1. The van der Waals surface area contributed by atoms with Crippen molar-refractivity contribution < 1.29 is 5.11 Å². The van der Waals surface area contributed by atoms with Crippen LogP contribution >= 0.6 is 0 Å². The standard InChI is InChI=1S/C14H19N3O/c1-9-6-11-10(12(15)7-9)4-5-16-13(11)17-14(2,3)8-18/h4-7,18H,8,15H2,1-3H3,(H,16,17). The lowest BCUT2D eigenvalue weighted by Crippen LogP contribution is -2.35. The van der Waals surface area contributed by atoms with E-state index >= 15 is 0 Å². The highest BCUT2D eigenvalue weighted by Gasteiger charge is 2.18. The Balaban J connectivity index is 2.58. The van der Waals surface area contributed by atoms with Gasteiger partial charge in [0.2, 0.25) is 0 Å². The molecule has 96 valence electrons. The normalized spacial score (nSPS) is 11.8. The lowest BCUT2D eigenvalue weighted by molar-refractivity contribution is 0.234. The minimum Gasteiger partial charge on any atom is -0.398 e. The van der Waals surface area contributed by atoms with Crippen molar-refractivity contribution in [2.75, 3.05) is 17.7 Å². The maximum absolute atomic E-state index is 9.32. The molecule has 1 aromatic heterocycles. The first-order valence-electron chi connectivity index (χ1n) is 5.97. The predicted octanol–water partition coefficient (Wildman–Crippen LogP) is 2.31. The summed E-state index contributed by atoms with van der Waals surface area (Å²) in [5.74, 6) is 0.752. The molecule has 0 saturated heterocycles. The van der Waals surface area contributed by atoms with E-state index in [9.17, 15) is 5.11 Å². The van der Waals surface area contributed by atoms with Gasteiger partial charge in [-0.05, 0) is 44.5 Å². The van der Waals surface area contributed by atoms with E-state index in [0.29, 0.717) is 0 Å². The molecule has 0 saturated carbocycles. The van der Waals surface area contributed by atoms with Gasteiger partial charge in [-0.1, -0.05) is 0 Å². The number of pyridine rings is 1. The van der Waals surface area contributed by atoms with Gasteiger partial charge in [0.1, 0.15) is 5.82 Å². The molecule has 0 unspecified atom stereocenters. The molecule has 4 heteroatoms. The summed E-state index contributed by atoms with van der Waals surface area (Å²) in [6, 6.07) is 5.90. The van der Waals surface area contributed by atoms with Crippen molar-refractivity contribution in [1.29, 1.82) is 0 Å². The van der Waals surface area contributed by atoms with Crippen molar-refractivity contribution in [3.63, 3.8) is 0 Å². The number of aryl methyl sites for hydroxylation is 1. The topological polar surface area (TPSA) is 71.2 Å². The number of hydrogen-bond acceptors (Lipinski definition) is 4. The lowest BCUT2D eigenvalue weighted by Gasteiger charge is -2.25. The van der Waals surface area contributed by atoms with Crippen LogP contribution in [-0.4, -0.2) is 22.2 Å². The van der Waals surface area contributed by atoms with Gasteiger partial charge in [0, 0.05) is 22.7 Å². The molecule has 1 heterocycles. The van der Waals surface area contributed by atoms with Gasteiger partial charge < -0.3 is 16.2 Å². The quantitative estimate of drug-likeness (QED) is 0.726. The Hall–Kier alpha value is -1.81. The van der Waals surface area contributed by atoms with Crippen molar-refractivity contribution in [2.24, 2.45) is 0 Å². The number of nitrogens with one attached hydrogen (secondary N) is 1. The van der Waals surface area contributed by atoms with Crippen molar-refractivity contribution in [2.45, 2.75) is 26.3 Å². The van der Waals surface area contributed by atoms with Gasteiger partial charge in [-0.15, -0.1) is 0 Å². The smallest absolute Gasteiger partial charge is 0.134 e. The fraction of sp³-hybridized carbons (Fsp3) is 0.357. The highest BCUT2D eigenvalue weighted by atomic mass is 16.3. The summed E-state index contributed by atoms with van der Waals surface area (Å²) < 4.78 is 0. The minimum atomic E-state index is -0.417. The molecule has 0 spiro atoms. The number of nitrogens with two attached hydrogens (primary N) is 1. The van der Waals surface area contributed by atoms with Crippen LogP contribution in [-0.2, 0) is 0 Å².